The molecule has 0 bridgehead atoms. The van der Waals surface area contributed by atoms with Crippen molar-refractivity contribution in [2.45, 2.75) is 51.0 Å². The van der Waals surface area contributed by atoms with E-state index < -0.39 is 65.2 Å². The Bertz CT molecular complexity index is 1780. The highest BCUT2D eigenvalue weighted by atomic mass is 16.5. The molecule has 5 N–H and O–H groups in total. The summed E-state index contributed by atoms with van der Waals surface area (Å²) in [5.74, 6) is -4.93. The first-order chi connectivity index (χ1) is 22.5. The molecule has 3 aromatic rings. The van der Waals surface area contributed by atoms with E-state index >= 15 is 0 Å². The van der Waals surface area contributed by atoms with Crippen LogP contribution in [0.3, 0.4) is 0 Å². The fraction of sp³-hybridized carbons (Fsp3) is 0.314. The van der Waals surface area contributed by atoms with Gasteiger partial charge >= 0.3 is 5.97 Å². The molecule has 2 amide bonds. The molecule has 0 aromatic heterocycles. The zero-order valence-electron chi connectivity index (χ0n) is 25.7. The number of aromatic hydroxyl groups is 2. The van der Waals surface area contributed by atoms with Crippen LogP contribution >= 0.6 is 0 Å². The van der Waals surface area contributed by atoms with Gasteiger partial charge in [0.2, 0.25) is 17.6 Å². The molecule has 0 saturated carbocycles. The molecule has 0 radical (unpaired) electrons. The minimum Gasteiger partial charge on any atom is -0.507 e. The summed E-state index contributed by atoms with van der Waals surface area (Å²) >= 11 is 0. The number of fused-ring (bicyclic) bond motifs is 3. The fourth-order valence-electron chi connectivity index (χ4n) is 6.16. The molecule has 0 fully saturated rings. The van der Waals surface area contributed by atoms with Crippen molar-refractivity contribution >= 4 is 35.1 Å². The summed E-state index contributed by atoms with van der Waals surface area (Å²) < 4.78 is 10.4. The maximum Gasteiger partial charge on any atom is 0.306 e. The summed E-state index contributed by atoms with van der Waals surface area (Å²) in [5.41, 5.74) is 6.15. The molecular weight excluding hydrogens is 608 g/mol. The first kappa shape index (κ1) is 32.9. The van der Waals surface area contributed by atoms with Gasteiger partial charge in [-0.05, 0) is 37.3 Å². The van der Waals surface area contributed by atoms with Crippen molar-refractivity contribution in [3.63, 3.8) is 0 Å². The van der Waals surface area contributed by atoms with Crippen molar-refractivity contribution in [2.24, 2.45) is 11.7 Å². The fourth-order valence-corrected chi connectivity index (χ4v) is 6.16. The van der Waals surface area contributed by atoms with E-state index in [9.17, 15) is 39.0 Å². The molecule has 3 aromatic carbocycles. The monoisotopic (exact) mass is 642 g/mol. The summed E-state index contributed by atoms with van der Waals surface area (Å²) in [6, 6.07) is 12.7. The van der Waals surface area contributed by atoms with Gasteiger partial charge in [0.1, 0.15) is 29.9 Å². The molecule has 2 aliphatic rings. The van der Waals surface area contributed by atoms with Gasteiger partial charge in [0.05, 0.1) is 23.8 Å². The number of amides is 2. The largest absolute Gasteiger partial charge is 0.507 e. The Morgan fingerprint density at radius 3 is 2.32 bits per heavy atom. The van der Waals surface area contributed by atoms with Crippen LogP contribution in [0, 0.1) is 5.92 Å². The number of rotatable bonds is 12. The van der Waals surface area contributed by atoms with Crippen LogP contribution in [0.25, 0.3) is 0 Å². The lowest BCUT2D eigenvalue weighted by atomic mass is 9.75. The maximum absolute atomic E-state index is 13.4. The van der Waals surface area contributed by atoms with Gasteiger partial charge in [-0.2, -0.15) is 0 Å². The quantitative estimate of drug-likeness (QED) is 0.131. The molecule has 2 aliphatic carbocycles. The van der Waals surface area contributed by atoms with Crippen LogP contribution in [0.1, 0.15) is 74.2 Å². The minimum atomic E-state index is -0.903. The SMILES string of the molecule is COc1cccc2c1C(=O)c1c(O)c3c(c(O)c1C2=O)CC(C(=O)COC(=O)CCCC(=O)N[C@H](Cc1ccccc1)C(N)=O)CC3. The number of phenols is 2. The van der Waals surface area contributed by atoms with Gasteiger partial charge in [0.15, 0.2) is 11.6 Å². The van der Waals surface area contributed by atoms with E-state index in [1.54, 1.807) is 6.07 Å². The Morgan fingerprint density at radius 2 is 1.62 bits per heavy atom. The number of benzene rings is 3. The number of ether oxygens (including phenoxy) is 2. The number of carbonyl (C=O) groups is 6. The smallest absolute Gasteiger partial charge is 0.306 e. The highest BCUT2D eigenvalue weighted by molar-refractivity contribution is 6.31. The van der Waals surface area contributed by atoms with Crippen molar-refractivity contribution in [1.82, 2.24) is 5.32 Å². The maximum atomic E-state index is 13.4. The molecule has 2 atom stereocenters. The second-order valence-corrected chi connectivity index (χ2v) is 11.6. The molecule has 12 heteroatoms. The van der Waals surface area contributed by atoms with Crippen molar-refractivity contribution in [3.8, 4) is 17.2 Å². The summed E-state index contributed by atoms with van der Waals surface area (Å²) in [5, 5.41) is 24.9. The van der Waals surface area contributed by atoms with Crippen LogP contribution in [0.2, 0.25) is 0 Å². The Balaban J connectivity index is 1.16. The van der Waals surface area contributed by atoms with E-state index in [0.29, 0.717) is 0 Å². The first-order valence-corrected chi connectivity index (χ1v) is 15.2. The number of methoxy groups -OCH3 is 1. The highest BCUT2D eigenvalue weighted by Gasteiger charge is 2.41. The molecule has 1 unspecified atom stereocenters. The molecule has 5 rings (SSSR count). The Labute approximate surface area is 269 Å². The molecule has 244 valence electrons. The van der Waals surface area contributed by atoms with Gasteiger partial charge in [-0.3, -0.25) is 28.8 Å². The second-order valence-electron chi connectivity index (χ2n) is 11.6. The van der Waals surface area contributed by atoms with E-state index in [0.717, 1.165) is 5.56 Å². The van der Waals surface area contributed by atoms with Gasteiger partial charge in [-0.25, -0.2) is 0 Å². The van der Waals surface area contributed by atoms with Crippen LogP contribution < -0.4 is 15.8 Å². The molecule has 47 heavy (non-hydrogen) atoms. The van der Waals surface area contributed by atoms with E-state index in [2.05, 4.69) is 5.32 Å². The predicted molar refractivity (Wildman–Crippen MR) is 166 cm³/mol. The average Bonchev–Trinajstić information content (AvgIpc) is 3.07. The van der Waals surface area contributed by atoms with Crippen molar-refractivity contribution in [2.75, 3.05) is 13.7 Å². The van der Waals surface area contributed by atoms with Crippen LogP contribution in [0.5, 0.6) is 17.2 Å². The number of carbonyl (C=O) groups excluding carboxylic acids is 6. The van der Waals surface area contributed by atoms with E-state index in [4.69, 9.17) is 15.2 Å². The first-order valence-electron chi connectivity index (χ1n) is 15.2. The topological polar surface area (TPSA) is 199 Å². The van der Waals surface area contributed by atoms with Crippen LogP contribution in [0.15, 0.2) is 48.5 Å². The van der Waals surface area contributed by atoms with Gasteiger partial charge in [-0.15, -0.1) is 0 Å². The van der Waals surface area contributed by atoms with E-state index in [1.807, 2.05) is 30.3 Å². The lowest BCUT2D eigenvalue weighted by Gasteiger charge is -2.29. The zero-order valence-corrected chi connectivity index (χ0v) is 25.7. The van der Waals surface area contributed by atoms with Gasteiger partial charge in [0, 0.05) is 41.9 Å². The lowest BCUT2D eigenvalue weighted by Crippen LogP contribution is -2.45. The zero-order chi connectivity index (χ0) is 33.8. The Morgan fingerprint density at radius 1 is 0.915 bits per heavy atom. The van der Waals surface area contributed by atoms with Gasteiger partial charge in [0.25, 0.3) is 0 Å². The number of esters is 1. The number of hydrogen-bond donors (Lipinski definition) is 4. The number of ketones is 3. The van der Waals surface area contributed by atoms with Crippen LogP contribution in [0.4, 0.5) is 0 Å². The molecule has 12 nitrogen and oxygen atoms in total. The van der Waals surface area contributed by atoms with Crippen molar-refractivity contribution in [3.05, 3.63) is 87.5 Å². The molecule has 0 spiro atoms. The summed E-state index contributed by atoms with van der Waals surface area (Å²) in [6.45, 7) is -0.534. The molecule has 0 aliphatic heterocycles. The standard InChI is InChI=1S/C35H34N2O10/c1-46-25-10-5-9-21-28(25)34(44)30-29(32(21)42)33(43)22-16-19(13-14-20(22)31(30)41)24(38)17-47-27(40)12-6-11-26(39)37-23(35(36)45)15-18-7-3-2-4-8-18/h2-5,7-10,19,23,41,43H,6,11-17H2,1H3,(H2,36,45)(H,37,39)/t19?,23-/m1/s1. The Kier molecular flexibility index (Phi) is 9.69. The van der Waals surface area contributed by atoms with Crippen LogP contribution in [-0.2, 0) is 43.2 Å². The molecule has 0 saturated heterocycles. The summed E-state index contributed by atoms with van der Waals surface area (Å²) in [6.07, 6.45) is 0.500. The van der Waals surface area contributed by atoms with E-state index in [-0.39, 0.29) is 84.1 Å². The average molecular weight is 643 g/mol. The van der Waals surface area contributed by atoms with Crippen molar-refractivity contribution in [1.29, 1.82) is 0 Å². The normalized spacial score (nSPS) is 15.5. The molecular formula is C35H34N2O10. The Hall–Kier alpha value is -5.52. The van der Waals surface area contributed by atoms with Gasteiger partial charge < -0.3 is 30.7 Å². The third kappa shape index (κ3) is 6.71. The van der Waals surface area contributed by atoms with Crippen molar-refractivity contribution < 1.29 is 48.5 Å². The third-order valence-electron chi connectivity index (χ3n) is 8.60. The van der Waals surface area contributed by atoms with E-state index in [1.165, 1.54) is 19.2 Å². The number of hydrogen-bond acceptors (Lipinski definition) is 10. The lowest BCUT2D eigenvalue weighted by molar-refractivity contribution is -0.149. The number of phenolic OH excluding ortho intramolecular Hbond substituents is 2. The minimum absolute atomic E-state index is 0.00590. The number of primary amides is 1. The second kappa shape index (κ2) is 13.9. The number of nitrogens with one attached hydrogen (secondary N) is 1. The summed E-state index contributed by atoms with van der Waals surface area (Å²) in [7, 11) is 1.36. The predicted octanol–water partition coefficient (Wildman–Crippen LogP) is 2.48. The van der Waals surface area contributed by atoms with Gasteiger partial charge in [-0.1, -0.05) is 42.5 Å². The highest BCUT2D eigenvalue weighted by Crippen LogP contribution is 2.47. The third-order valence-corrected chi connectivity index (χ3v) is 8.60. The summed E-state index contributed by atoms with van der Waals surface area (Å²) in [4.78, 5) is 76.3. The molecule has 0 heterocycles. The number of nitrogens with two attached hydrogens (primary N) is 1. The van der Waals surface area contributed by atoms with Crippen LogP contribution in [-0.4, -0.2) is 65.1 Å². The number of Topliss-reactive ketones (excluding diaryl/α,β-unsaturated/α-hetero) is 1.